The summed E-state index contributed by atoms with van der Waals surface area (Å²) >= 11 is 9.13. The molecule has 28 heavy (non-hydrogen) atoms. The number of carbonyl (C=O) groups is 2. The summed E-state index contributed by atoms with van der Waals surface area (Å²) < 4.78 is 0. The van der Waals surface area contributed by atoms with Gasteiger partial charge in [-0.15, -0.1) is 23.1 Å². The van der Waals surface area contributed by atoms with E-state index in [-0.39, 0.29) is 18.4 Å². The monoisotopic (exact) mass is 425 g/mol. The number of carbonyl (C=O) groups excluding carboxylic acids is 2. The third kappa shape index (κ3) is 3.78. The standard InChI is InChI=1S/C22H16ClNO2S2/c23-17-10-5-4-9-16(17)13-24-21(25)19(18-11-6-12-27-18)20(22(24)26)28-14-15-7-2-1-3-8-15/h1-12H,13-14H2. The molecule has 0 fully saturated rings. The van der Waals surface area contributed by atoms with E-state index in [1.54, 1.807) is 6.07 Å². The average Bonchev–Trinajstić information content (AvgIpc) is 3.31. The minimum absolute atomic E-state index is 0.168. The van der Waals surface area contributed by atoms with Crippen molar-refractivity contribution >= 4 is 52.1 Å². The van der Waals surface area contributed by atoms with Crippen LogP contribution in [0.2, 0.25) is 5.02 Å². The molecular weight excluding hydrogens is 410 g/mol. The quantitative estimate of drug-likeness (QED) is 0.481. The lowest BCUT2D eigenvalue weighted by molar-refractivity contribution is -0.137. The predicted molar refractivity (Wildman–Crippen MR) is 116 cm³/mol. The highest BCUT2D eigenvalue weighted by Crippen LogP contribution is 2.39. The van der Waals surface area contributed by atoms with Crippen LogP contribution in [0.1, 0.15) is 16.0 Å². The molecule has 2 aromatic carbocycles. The van der Waals surface area contributed by atoms with Gasteiger partial charge in [-0.3, -0.25) is 14.5 Å². The second-order valence-electron chi connectivity index (χ2n) is 6.24. The third-order valence-corrected chi connectivity index (χ3v) is 6.81. The average molecular weight is 426 g/mol. The number of thiophene rings is 1. The molecule has 0 bridgehead atoms. The molecule has 0 N–H and O–H groups in total. The number of halogens is 1. The van der Waals surface area contributed by atoms with E-state index in [1.165, 1.54) is 28.0 Å². The van der Waals surface area contributed by atoms with Gasteiger partial charge in [-0.05, 0) is 28.6 Å². The molecule has 2 heterocycles. The Morgan fingerprint density at radius 3 is 2.36 bits per heavy atom. The Morgan fingerprint density at radius 2 is 1.64 bits per heavy atom. The van der Waals surface area contributed by atoms with E-state index in [0.29, 0.717) is 21.3 Å². The zero-order valence-corrected chi connectivity index (χ0v) is 17.2. The summed E-state index contributed by atoms with van der Waals surface area (Å²) in [6, 6.07) is 21.0. The molecule has 3 nitrogen and oxygen atoms in total. The third-order valence-electron chi connectivity index (χ3n) is 4.41. The van der Waals surface area contributed by atoms with Gasteiger partial charge >= 0.3 is 0 Å². The zero-order valence-electron chi connectivity index (χ0n) is 14.8. The molecule has 4 rings (SSSR count). The van der Waals surface area contributed by atoms with Gasteiger partial charge in [-0.1, -0.05) is 66.2 Å². The number of amides is 2. The first-order valence-electron chi connectivity index (χ1n) is 8.69. The van der Waals surface area contributed by atoms with Crippen LogP contribution in [0.5, 0.6) is 0 Å². The normalized spacial score (nSPS) is 14.2. The van der Waals surface area contributed by atoms with Crippen molar-refractivity contribution in [3.05, 3.63) is 98.0 Å². The number of imide groups is 1. The molecule has 140 valence electrons. The molecule has 0 radical (unpaired) electrons. The lowest BCUT2D eigenvalue weighted by atomic mass is 10.2. The van der Waals surface area contributed by atoms with Crippen LogP contribution in [0, 0.1) is 0 Å². The van der Waals surface area contributed by atoms with Crippen molar-refractivity contribution in [2.45, 2.75) is 12.3 Å². The minimum Gasteiger partial charge on any atom is -0.269 e. The Bertz CT molecular complexity index is 1050. The molecule has 2 amide bonds. The SMILES string of the molecule is O=C1C(SCc2ccccc2)=C(c2cccs2)C(=O)N1Cc1ccccc1Cl. The van der Waals surface area contributed by atoms with E-state index in [2.05, 4.69) is 0 Å². The van der Waals surface area contributed by atoms with Crippen molar-refractivity contribution in [2.75, 3.05) is 0 Å². The summed E-state index contributed by atoms with van der Waals surface area (Å²) in [5.41, 5.74) is 2.36. The molecule has 6 heteroatoms. The fourth-order valence-corrected chi connectivity index (χ4v) is 5.10. The van der Waals surface area contributed by atoms with Crippen LogP contribution in [0.3, 0.4) is 0 Å². The van der Waals surface area contributed by atoms with Gasteiger partial charge in [0.05, 0.1) is 17.0 Å². The second kappa shape index (κ2) is 8.35. The number of nitrogens with zero attached hydrogens (tertiary/aromatic N) is 1. The number of hydrogen-bond acceptors (Lipinski definition) is 4. The summed E-state index contributed by atoms with van der Waals surface area (Å²) in [7, 11) is 0. The van der Waals surface area contributed by atoms with E-state index in [1.807, 2.05) is 66.0 Å². The fraction of sp³-hybridized carbons (Fsp3) is 0.0909. The summed E-state index contributed by atoms with van der Waals surface area (Å²) in [4.78, 5) is 28.9. The van der Waals surface area contributed by atoms with Crippen molar-refractivity contribution in [3.63, 3.8) is 0 Å². The van der Waals surface area contributed by atoms with E-state index >= 15 is 0 Å². The van der Waals surface area contributed by atoms with Gasteiger partial charge in [0.25, 0.3) is 11.8 Å². The highest BCUT2D eigenvalue weighted by molar-refractivity contribution is 8.03. The first kappa shape index (κ1) is 19.0. The van der Waals surface area contributed by atoms with Crippen LogP contribution >= 0.6 is 34.7 Å². The van der Waals surface area contributed by atoms with Crippen LogP contribution in [0.15, 0.2) is 77.0 Å². The van der Waals surface area contributed by atoms with Crippen molar-refractivity contribution in [1.29, 1.82) is 0 Å². The number of benzene rings is 2. The van der Waals surface area contributed by atoms with Crippen LogP contribution in [-0.4, -0.2) is 16.7 Å². The maximum absolute atomic E-state index is 13.1. The Labute approximate surface area is 176 Å². The van der Waals surface area contributed by atoms with Crippen LogP contribution in [0.4, 0.5) is 0 Å². The van der Waals surface area contributed by atoms with Crippen LogP contribution < -0.4 is 0 Å². The Morgan fingerprint density at radius 1 is 0.893 bits per heavy atom. The fourth-order valence-electron chi connectivity index (χ4n) is 3.00. The van der Waals surface area contributed by atoms with E-state index < -0.39 is 0 Å². The molecule has 3 aromatic rings. The van der Waals surface area contributed by atoms with Crippen molar-refractivity contribution in [2.24, 2.45) is 0 Å². The summed E-state index contributed by atoms with van der Waals surface area (Å²) in [6.07, 6.45) is 0. The highest BCUT2D eigenvalue weighted by Gasteiger charge is 2.39. The summed E-state index contributed by atoms with van der Waals surface area (Å²) in [6.45, 7) is 0.168. The van der Waals surface area contributed by atoms with Gasteiger partial charge < -0.3 is 0 Å². The van der Waals surface area contributed by atoms with Gasteiger partial charge in [-0.2, -0.15) is 0 Å². The lowest BCUT2D eigenvalue weighted by Gasteiger charge is -2.16. The molecule has 0 aliphatic carbocycles. The second-order valence-corrected chi connectivity index (χ2v) is 8.58. The number of rotatable bonds is 6. The van der Waals surface area contributed by atoms with Gasteiger partial charge in [0, 0.05) is 15.7 Å². The smallest absolute Gasteiger partial charge is 0.268 e. The van der Waals surface area contributed by atoms with Crippen LogP contribution in [0.25, 0.3) is 5.57 Å². The molecule has 0 spiro atoms. The van der Waals surface area contributed by atoms with E-state index in [0.717, 1.165) is 16.0 Å². The minimum atomic E-state index is -0.261. The maximum Gasteiger partial charge on any atom is 0.268 e. The van der Waals surface area contributed by atoms with E-state index in [9.17, 15) is 9.59 Å². The Kier molecular flexibility index (Phi) is 5.67. The van der Waals surface area contributed by atoms with Gasteiger partial charge in [0.1, 0.15) is 0 Å². The van der Waals surface area contributed by atoms with E-state index in [4.69, 9.17) is 11.6 Å². The largest absolute Gasteiger partial charge is 0.269 e. The van der Waals surface area contributed by atoms with Crippen LogP contribution in [-0.2, 0) is 21.9 Å². The molecule has 1 aliphatic rings. The maximum atomic E-state index is 13.1. The zero-order chi connectivity index (χ0) is 19.5. The predicted octanol–water partition coefficient (Wildman–Crippen LogP) is 5.62. The Balaban J connectivity index is 1.65. The first-order valence-corrected chi connectivity index (χ1v) is 10.9. The van der Waals surface area contributed by atoms with Gasteiger partial charge in [-0.25, -0.2) is 0 Å². The van der Waals surface area contributed by atoms with Crippen molar-refractivity contribution in [1.82, 2.24) is 4.90 Å². The van der Waals surface area contributed by atoms with Crippen molar-refractivity contribution < 1.29 is 9.59 Å². The van der Waals surface area contributed by atoms with Gasteiger partial charge in [0.2, 0.25) is 0 Å². The first-order chi connectivity index (χ1) is 13.6. The van der Waals surface area contributed by atoms with Crippen molar-refractivity contribution in [3.8, 4) is 0 Å². The molecular formula is C22H16ClNO2S2. The summed E-state index contributed by atoms with van der Waals surface area (Å²) in [5.74, 6) is 0.112. The van der Waals surface area contributed by atoms with Gasteiger partial charge in [0.15, 0.2) is 0 Å². The molecule has 0 atom stereocenters. The number of thioether (sulfide) groups is 1. The molecule has 0 saturated heterocycles. The molecule has 1 aliphatic heterocycles. The lowest BCUT2D eigenvalue weighted by Crippen LogP contribution is -2.31. The number of hydrogen-bond donors (Lipinski definition) is 0. The highest BCUT2D eigenvalue weighted by atomic mass is 35.5. The summed E-state index contributed by atoms with van der Waals surface area (Å²) in [5, 5.41) is 2.46. The molecule has 0 saturated carbocycles. The molecule has 1 aromatic heterocycles. The topological polar surface area (TPSA) is 37.4 Å². The molecule has 0 unspecified atom stereocenters. The Hall–Kier alpha value is -2.34.